The van der Waals surface area contributed by atoms with Crippen molar-refractivity contribution in [1.29, 1.82) is 0 Å². The number of unbranched alkanes of at least 4 members (excludes halogenated alkanes) is 53. The molecule has 0 rings (SSSR count). The maximum Gasteiger partial charge on any atom is 0.472 e. The Labute approximate surface area is 651 Å². The Morgan fingerprint density at radius 1 is 0.255 bits per heavy atom. The van der Waals surface area contributed by atoms with E-state index in [0.29, 0.717) is 25.7 Å². The fourth-order valence-electron chi connectivity index (χ4n) is 13.5. The highest BCUT2D eigenvalue weighted by Gasteiger charge is 2.30. The summed E-state index contributed by atoms with van der Waals surface area (Å²) < 4.78 is 68.9. The predicted molar refractivity (Wildman–Crippen MR) is 437 cm³/mol. The Balaban J connectivity index is 5.24. The molecule has 0 saturated heterocycles. The molecule has 3 N–H and O–H groups in total. The second-order valence-corrected chi connectivity index (χ2v) is 35.6. The van der Waals surface area contributed by atoms with E-state index in [1.807, 2.05) is 0 Å². The van der Waals surface area contributed by atoms with Crippen LogP contribution in [0.1, 0.15) is 459 Å². The molecule has 0 aromatic rings. The first kappa shape index (κ1) is 104. The lowest BCUT2D eigenvalue weighted by Gasteiger charge is -2.21. The number of phosphoric ester groups is 2. The average Bonchev–Trinajstić information content (AvgIpc) is 0.905. The molecule has 0 spiro atoms. The number of hydrogen-bond acceptors (Lipinski definition) is 15. The molecule has 17 nitrogen and oxygen atoms in total. The van der Waals surface area contributed by atoms with Crippen molar-refractivity contribution in [1.82, 2.24) is 0 Å². The zero-order valence-electron chi connectivity index (χ0n) is 69.9. The molecule has 0 saturated carbocycles. The minimum absolute atomic E-state index is 0.106. The maximum absolute atomic E-state index is 13.2. The smallest absolute Gasteiger partial charge is 0.462 e. The van der Waals surface area contributed by atoms with Gasteiger partial charge in [0.25, 0.3) is 0 Å². The summed E-state index contributed by atoms with van der Waals surface area (Å²) >= 11 is 0. The van der Waals surface area contributed by atoms with Gasteiger partial charge in [0.2, 0.25) is 0 Å². The number of hydrogen-bond donors (Lipinski definition) is 3. The monoisotopic (exact) mass is 1550 g/mol. The van der Waals surface area contributed by atoms with Gasteiger partial charge < -0.3 is 33.8 Å². The summed E-state index contributed by atoms with van der Waals surface area (Å²) in [7, 11) is -9.93. The summed E-state index contributed by atoms with van der Waals surface area (Å²) in [5.41, 5.74) is 0. The number of carbonyl (C=O) groups is 4. The molecular weight excluding hydrogens is 1380 g/mol. The summed E-state index contributed by atoms with van der Waals surface area (Å²) in [5.74, 6) is 0.217. The van der Waals surface area contributed by atoms with Gasteiger partial charge in [0, 0.05) is 25.7 Å². The van der Waals surface area contributed by atoms with Gasteiger partial charge in [0.1, 0.15) is 19.3 Å². The second-order valence-electron chi connectivity index (χ2n) is 32.7. The predicted octanol–water partition coefficient (Wildman–Crippen LogP) is 26.5. The molecule has 0 aliphatic heterocycles. The third-order valence-corrected chi connectivity index (χ3v) is 22.3. The Morgan fingerprint density at radius 3 is 0.642 bits per heavy atom. The van der Waals surface area contributed by atoms with Crippen LogP contribution in [0, 0.1) is 17.8 Å². The van der Waals surface area contributed by atoms with Gasteiger partial charge in [-0.3, -0.25) is 37.3 Å². The lowest BCUT2D eigenvalue weighted by atomic mass is 10.0. The Morgan fingerprint density at radius 2 is 0.434 bits per heavy atom. The van der Waals surface area contributed by atoms with Gasteiger partial charge in [-0.2, -0.15) is 0 Å². The Kier molecular flexibility index (Phi) is 75.6. The molecule has 106 heavy (non-hydrogen) atoms. The Hall–Kier alpha value is -1.94. The van der Waals surface area contributed by atoms with Gasteiger partial charge in [-0.25, -0.2) is 9.13 Å². The van der Waals surface area contributed by atoms with Crippen LogP contribution in [0.15, 0.2) is 0 Å². The first-order valence-electron chi connectivity index (χ1n) is 44.8. The summed E-state index contributed by atoms with van der Waals surface area (Å²) in [6, 6.07) is 0. The molecule has 0 aromatic carbocycles. The molecule has 5 atom stereocenters. The van der Waals surface area contributed by atoms with Gasteiger partial charge in [-0.05, 0) is 43.4 Å². The van der Waals surface area contributed by atoms with Crippen LogP contribution in [0.2, 0.25) is 0 Å². The van der Waals surface area contributed by atoms with Crippen molar-refractivity contribution in [2.24, 2.45) is 17.8 Å². The highest BCUT2D eigenvalue weighted by molar-refractivity contribution is 7.47. The average molecular weight is 1550 g/mol. The zero-order valence-corrected chi connectivity index (χ0v) is 71.7. The van der Waals surface area contributed by atoms with Crippen molar-refractivity contribution >= 4 is 39.5 Å². The fraction of sp³-hybridized carbons (Fsp3) is 0.954. The van der Waals surface area contributed by atoms with E-state index in [2.05, 4.69) is 48.5 Å². The highest BCUT2D eigenvalue weighted by atomic mass is 31.2. The van der Waals surface area contributed by atoms with Crippen LogP contribution in [-0.4, -0.2) is 96.7 Å². The minimum atomic E-state index is -4.97. The number of phosphoric acid groups is 2. The van der Waals surface area contributed by atoms with E-state index in [0.717, 1.165) is 108 Å². The number of aliphatic hydroxyl groups excluding tert-OH is 1. The number of rotatable bonds is 85. The topological polar surface area (TPSA) is 237 Å². The van der Waals surface area contributed by atoms with Crippen molar-refractivity contribution in [2.75, 3.05) is 39.6 Å². The molecule has 0 aromatic heterocycles. The first-order chi connectivity index (χ1) is 51.2. The molecule has 0 amide bonds. The van der Waals surface area contributed by atoms with E-state index < -0.39 is 97.5 Å². The van der Waals surface area contributed by atoms with Crippen LogP contribution in [0.4, 0.5) is 0 Å². The van der Waals surface area contributed by atoms with Gasteiger partial charge in [0.05, 0.1) is 26.4 Å². The SMILES string of the molecule is CCCCCCCCCCCCCCCCCCCCCCCC(=O)O[C@H](COC(=O)CCCCCCCCCCCCCCCCCCC(C)C)COP(=O)(O)OC[C@@H](O)COP(=O)(O)OC[C@@H](COC(=O)CCCCCCCCCCCC(C)C)OC(=O)CCCCCCCCCCCCCC(C)C. The number of aliphatic hydroxyl groups is 1. The first-order valence-corrected chi connectivity index (χ1v) is 47.8. The molecule has 2 unspecified atom stereocenters. The van der Waals surface area contributed by atoms with Crippen LogP contribution >= 0.6 is 15.6 Å². The van der Waals surface area contributed by atoms with E-state index in [1.54, 1.807) is 0 Å². The molecule has 19 heteroatoms. The van der Waals surface area contributed by atoms with Gasteiger partial charge in [0.15, 0.2) is 12.2 Å². The summed E-state index contributed by atoms with van der Waals surface area (Å²) in [6.45, 7) is 12.0. The van der Waals surface area contributed by atoms with E-state index >= 15 is 0 Å². The standard InChI is InChI=1S/C87H170O17P2/c1-8-9-10-11-12-13-14-15-16-17-18-19-20-21-26-29-34-41-49-56-63-70-86(91)103-82(74-97-84(89)68-61-54-47-40-33-28-25-23-22-24-27-31-37-44-51-58-65-78(2)3)76-101-105(93,94)99-72-81(88)73-100-106(95,96)102-77-83(75-98-85(90)69-62-55-48-43-36-39-46-53-60-67-80(6)7)104-87(92)71-64-57-50-42-35-30-32-38-45-52-59-66-79(4)5/h78-83,88H,8-77H2,1-7H3,(H,93,94)(H,95,96)/t81-,82-,83-/m1/s1. The molecule has 0 bridgehead atoms. The summed E-state index contributed by atoms with van der Waals surface area (Å²) in [4.78, 5) is 73.3. The minimum Gasteiger partial charge on any atom is -0.462 e. The van der Waals surface area contributed by atoms with Crippen LogP contribution in [0.3, 0.4) is 0 Å². The lowest BCUT2D eigenvalue weighted by molar-refractivity contribution is -0.161. The van der Waals surface area contributed by atoms with E-state index in [9.17, 15) is 43.2 Å². The normalized spacial score (nSPS) is 13.9. The van der Waals surface area contributed by atoms with Crippen molar-refractivity contribution in [2.45, 2.75) is 478 Å². The molecule has 0 radical (unpaired) electrons. The molecule has 0 heterocycles. The van der Waals surface area contributed by atoms with E-state index in [1.165, 1.54) is 270 Å². The van der Waals surface area contributed by atoms with Crippen molar-refractivity contribution < 1.29 is 80.2 Å². The van der Waals surface area contributed by atoms with Gasteiger partial charge in [-0.15, -0.1) is 0 Å². The van der Waals surface area contributed by atoms with Gasteiger partial charge >= 0.3 is 39.5 Å². The molecule has 0 aliphatic rings. The summed E-state index contributed by atoms with van der Waals surface area (Å²) in [5, 5.41) is 10.7. The molecular formula is C87H170O17P2. The number of carbonyl (C=O) groups excluding carboxylic acids is 4. The van der Waals surface area contributed by atoms with Crippen LogP contribution in [0.25, 0.3) is 0 Å². The summed E-state index contributed by atoms with van der Waals surface area (Å²) in [6.07, 6.45) is 68.1. The largest absolute Gasteiger partial charge is 0.472 e. The van der Waals surface area contributed by atoms with Crippen LogP contribution < -0.4 is 0 Å². The molecule has 630 valence electrons. The molecule has 0 aliphatic carbocycles. The third kappa shape index (κ3) is 80.1. The number of ether oxygens (including phenoxy) is 4. The van der Waals surface area contributed by atoms with Crippen molar-refractivity contribution in [3.05, 3.63) is 0 Å². The van der Waals surface area contributed by atoms with Crippen molar-refractivity contribution in [3.8, 4) is 0 Å². The third-order valence-electron chi connectivity index (χ3n) is 20.4. The van der Waals surface area contributed by atoms with Crippen LogP contribution in [0.5, 0.6) is 0 Å². The fourth-order valence-corrected chi connectivity index (χ4v) is 15.1. The van der Waals surface area contributed by atoms with E-state index in [-0.39, 0.29) is 25.7 Å². The number of esters is 4. The zero-order chi connectivity index (χ0) is 77.9. The second kappa shape index (κ2) is 77.0. The maximum atomic E-state index is 13.2. The Bertz CT molecular complexity index is 2040. The van der Waals surface area contributed by atoms with E-state index in [4.69, 9.17) is 37.0 Å². The van der Waals surface area contributed by atoms with Crippen LogP contribution in [-0.2, 0) is 65.4 Å². The lowest BCUT2D eigenvalue weighted by Crippen LogP contribution is -2.30. The van der Waals surface area contributed by atoms with Crippen molar-refractivity contribution in [3.63, 3.8) is 0 Å². The highest BCUT2D eigenvalue weighted by Crippen LogP contribution is 2.45. The quantitative estimate of drug-likeness (QED) is 0.0222. The molecule has 0 fully saturated rings. The van der Waals surface area contributed by atoms with Gasteiger partial charge in [-0.1, -0.05) is 408 Å².